The highest BCUT2D eigenvalue weighted by Crippen LogP contribution is 2.45. The van der Waals surface area contributed by atoms with Crippen molar-refractivity contribution in [2.45, 2.75) is 0 Å². The summed E-state index contributed by atoms with van der Waals surface area (Å²) < 4.78 is 6.16. The third-order valence-electron chi connectivity index (χ3n) is 10.9. The van der Waals surface area contributed by atoms with Crippen molar-refractivity contribution in [2.75, 3.05) is 0 Å². The van der Waals surface area contributed by atoms with Crippen LogP contribution in [-0.2, 0) is 0 Å². The molecule has 0 radical (unpaired) electrons. The smallest absolute Gasteiger partial charge is 0.164 e. The highest BCUT2D eigenvalue weighted by atomic mass is 32.1. The van der Waals surface area contributed by atoms with Crippen molar-refractivity contribution in [2.24, 2.45) is 0 Å². The van der Waals surface area contributed by atoms with Gasteiger partial charge in [0.25, 0.3) is 0 Å². The topological polar surface area (TPSA) is 48.0 Å². The Balaban J connectivity index is 1.01. The van der Waals surface area contributed by atoms with Crippen molar-refractivity contribution in [1.82, 2.24) is 23.9 Å². The van der Waals surface area contributed by atoms with E-state index in [1.165, 1.54) is 58.6 Å². The highest BCUT2D eigenvalue weighted by molar-refractivity contribution is 7.23. The summed E-state index contributed by atoms with van der Waals surface area (Å²) in [7, 11) is 0. The molecule has 7 aromatic carbocycles. The summed E-state index contributed by atoms with van der Waals surface area (Å²) in [5.74, 6) is 1.94. The average molecular weight is 720 g/mol. The Bertz CT molecular complexity index is 3370. The van der Waals surface area contributed by atoms with Crippen molar-refractivity contribution in [3.05, 3.63) is 176 Å². The van der Waals surface area contributed by atoms with Crippen LogP contribution in [0.25, 0.3) is 110 Å². The van der Waals surface area contributed by atoms with Gasteiger partial charge in [-0.3, -0.25) is 0 Å². The lowest BCUT2D eigenvalue weighted by atomic mass is 10.1. The first-order valence-electron chi connectivity index (χ1n) is 18.4. The Labute approximate surface area is 319 Å². The zero-order valence-electron chi connectivity index (χ0n) is 29.4. The lowest BCUT2D eigenvalue weighted by Gasteiger charge is -2.11. The molecule has 0 aliphatic rings. The zero-order valence-corrected chi connectivity index (χ0v) is 30.2. The molecule has 0 saturated heterocycles. The molecule has 12 rings (SSSR count). The standard InChI is InChI=1S/C49H29N5S/c1-3-13-30(14-4-1)47-50-48(31-15-5-2-6-16-31)52-49(51-47)33-17-11-18-34(27-33)53-40-23-9-8-20-36(40)39-28-32(25-26-42(39)53)44-29-43-46(55-44)38-22-12-21-37-35-19-7-10-24-41(35)54(43)45(37)38/h1-29H. The van der Waals surface area contributed by atoms with Gasteiger partial charge in [0.05, 0.1) is 32.3 Å². The van der Waals surface area contributed by atoms with Gasteiger partial charge >= 0.3 is 0 Å². The third kappa shape index (κ3) is 4.55. The van der Waals surface area contributed by atoms with Gasteiger partial charge in [-0.2, -0.15) is 0 Å². The molecule has 0 atom stereocenters. The third-order valence-corrected chi connectivity index (χ3v) is 12.1. The first-order chi connectivity index (χ1) is 27.3. The van der Waals surface area contributed by atoms with Gasteiger partial charge in [0.1, 0.15) is 0 Å². The van der Waals surface area contributed by atoms with Gasteiger partial charge in [-0.1, -0.05) is 133 Å². The fourth-order valence-electron chi connectivity index (χ4n) is 8.46. The predicted molar refractivity (Wildman–Crippen MR) is 228 cm³/mol. The van der Waals surface area contributed by atoms with E-state index in [2.05, 4.69) is 124 Å². The lowest BCUT2D eigenvalue weighted by Crippen LogP contribution is -2.01. The minimum Gasteiger partial charge on any atom is -0.309 e. The maximum atomic E-state index is 5.02. The van der Waals surface area contributed by atoms with Gasteiger partial charge in [-0.15, -0.1) is 11.3 Å². The molecule has 0 N–H and O–H groups in total. The van der Waals surface area contributed by atoms with E-state index in [-0.39, 0.29) is 0 Å². The molecule has 5 aromatic heterocycles. The minimum absolute atomic E-state index is 0.637. The number of hydrogen-bond donors (Lipinski definition) is 0. The Morgan fingerprint density at radius 1 is 0.364 bits per heavy atom. The second-order valence-corrected chi connectivity index (χ2v) is 15.1. The molecule has 0 bridgehead atoms. The number of nitrogens with zero attached hydrogens (tertiary/aromatic N) is 5. The quantitative estimate of drug-likeness (QED) is 0.178. The molecule has 256 valence electrons. The number of aromatic nitrogens is 5. The second-order valence-electron chi connectivity index (χ2n) is 14.1. The largest absolute Gasteiger partial charge is 0.309 e. The zero-order chi connectivity index (χ0) is 36.0. The molecule has 6 heteroatoms. The van der Waals surface area contributed by atoms with Gasteiger partial charge in [-0.05, 0) is 48.0 Å². The van der Waals surface area contributed by atoms with E-state index in [9.17, 15) is 0 Å². The first-order valence-corrected chi connectivity index (χ1v) is 19.3. The Kier molecular flexibility index (Phi) is 6.44. The van der Waals surface area contributed by atoms with E-state index in [1.807, 2.05) is 72.0 Å². The van der Waals surface area contributed by atoms with Crippen LogP contribution < -0.4 is 0 Å². The molecule has 0 amide bonds. The number of hydrogen-bond acceptors (Lipinski definition) is 4. The molecule has 0 spiro atoms. The highest BCUT2D eigenvalue weighted by Gasteiger charge is 2.21. The lowest BCUT2D eigenvalue weighted by molar-refractivity contribution is 1.07. The summed E-state index contributed by atoms with van der Waals surface area (Å²) in [6.07, 6.45) is 0. The van der Waals surface area contributed by atoms with E-state index in [1.54, 1.807) is 0 Å². The molecular formula is C49H29N5S. The molecule has 5 heterocycles. The molecule has 0 aliphatic heterocycles. The Hall–Kier alpha value is -7.15. The predicted octanol–water partition coefficient (Wildman–Crippen LogP) is 12.8. The maximum Gasteiger partial charge on any atom is 0.164 e. The summed E-state index contributed by atoms with van der Waals surface area (Å²) in [6, 6.07) is 62.3. The average Bonchev–Trinajstić information content (AvgIpc) is 4.01. The summed E-state index contributed by atoms with van der Waals surface area (Å²) in [5, 5.41) is 6.39. The van der Waals surface area contributed by atoms with Gasteiger partial charge in [0.2, 0.25) is 0 Å². The molecule has 0 saturated carbocycles. The first kappa shape index (κ1) is 30.3. The molecule has 0 fully saturated rings. The van der Waals surface area contributed by atoms with Crippen LogP contribution in [0.15, 0.2) is 176 Å². The molecule has 55 heavy (non-hydrogen) atoms. The van der Waals surface area contributed by atoms with Crippen molar-refractivity contribution < 1.29 is 0 Å². The van der Waals surface area contributed by atoms with Crippen LogP contribution in [0, 0.1) is 0 Å². The number of fused-ring (bicyclic) bond motifs is 9. The van der Waals surface area contributed by atoms with Gasteiger partial charge < -0.3 is 8.97 Å². The van der Waals surface area contributed by atoms with E-state index >= 15 is 0 Å². The van der Waals surface area contributed by atoms with Crippen molar-refractivity contribution in [3.8, 4) is 50.3 Å². The van der Waals surface area contributed by atoms with Crippen LogP contribution >= 0.6 is 11.3 Å². The fourth-order valence-corrected chi connectivity index (χ4v) is 9.63. The van der Waals surface area contributed by atoms with Gasteiger partial charge in [0.15, 0.2) is 17.5 Å². The molecule has 5 nitrogen and oxygen atoms in total. The number of rotatable bonds is 5. The second kappa shape index (κ2) is 11.7. The maximum absolute atomic E-state index is 5.02. The SMILES string of the molecule is c1ccc(-c2nc(-c3ccccc3)nc(-c3cccc(-n4c5ccccc5c5cc(-c6cc7c(s6)c6cccc8c9ccccc9n7c86)ccc54)c3)n2)cc1. The van der Waals surface area contributed by atoms with Crippen molar-refractivity contribution in [1.29, 1.82) is 0 Å². The van der Waals surface area contributed by atoms with Crippen molar-refractivity contribution >= 4 is 70.6 Å². The van der Waals surface area contributed by atoms with E-state index in [0.717, 1.165) is 33.4 Å². The van der Waals surface area contributed by atoms with Crippen LogP contribution in [0.1, 0.15) is 0 Å². The molecule has 0 aliphatic carbocycles. The molecule has 12 aromatic rings. The fraction of sp³-hybridized carbons (Fsp3) is 0. The van der Waals surface area contributed by atoms with E-state index in [0.29, 0.717) is 17.5 Å². The van der Waals surface area contributed by atoms with Crippen LogP contribution in [0.3, 0.4) is 0 Å². The summed E-state index contributed by atoms with van der Waals surface area (Å²) >= 11 is 1.89. The van der Waals surface area contributed by atoms with Crippen LogP contribution in [0.5, 0.6) is 0 Å². The normalized spacial score (nSPS) is 12.0. The summed E-state index contributed by atoms with van der Waals surface area (Å²) in [4.78, 5) is 16.2. The molecular weight excluding hydrogens is 691 g/mol. The molecule has 0 unspecified atom stereocenters. The summed E-state index contributed by atoms with van der Waals surface area (Å²) in [5.41, 5.74) is 11.3. The number of thiophene rings is 1. The van der Waals surface area contributed by atoms with Crippen molar-refractivity contribution in [3.63, 3.8) is 0 Å². The monoisotopic (exact) mass is 719 g/mol. The Morgan fingerprint density at radius 3 is 1.67 bits per heavy atom. The Morgan fingerprint density at radius 2 is 0.927 bits per heavy atom. The van der Waals surface area contributed by atoms with Crippen LogP contribution in [0.2, 0.25) is 0 Å². The van der Waals surface area contributed by atoms with E-state index < -0.39 is 0 Å². The number of para-hydroxylation sites is 3. The van der Waals surface area contributed by atoms with Crippen LogP contribution in [-0.4, -0.2) is 23.9 Å². The van der Waals surface area contributed by atoms with Gasteiger partial charge in [-0.25, -0.2) is 15.0 Å². The van der Waals surface area contributed by atoms with E-state index in [4.69, 9.17) is 15.0 Å². The number of benzene rings is 7. The van der Waals surface area contributed by atoms with Gasteiger partial charge in [0, 0.05) is 54.2 Å². The van der Waals surface area contributed by atoms with Crippen LogP contribution in [0.4, 0.5) is 0 Å². The summed E-state index contributed by atoms with van der Waals surface area (Å²) in [6.45, 7) is 0. The minimum atomic E-state index is 0.637.